The molecule has 49 heavy (non-hydrogen) atoms. The van der Waals surface area contributed by atoms with Crippen molar-refractivity contribution in [1.82, 2.24) is 4.90 Å². The highest BCUT2D eigenvalue weighted by Gasteiger charge is 2.56. The molecule has 0 heterocycles. The lowest BCUT2D eigenvalue weighted by atomic mass is 9.61. The second kappa shape index (κ2) is 14.3. The Bertz CT molecular complexity index is 1320. The summed E-state index contributed by atoms with van der Waals surface area (Å²) in [4.78, 5) is 14.4. The third kappa shape index (κ3) is 8.37. The second-order valence-electron chi connectivity index (χ2n) is 19.9. The molecule has 1 amide bonds. The zero-order chi connectivity index (χ0) is 37.0. The van der Waals surface area contributed by atoms with Crippen LogP contribution in [0.1, 0.15) is 113 Å². The molecule has 0 spiro atoms. The van der Waals surface area contributed by atoms with E-state index in [2.05, 4.69) is 106 Å². The van der Waals surface area contributed by atoms with Crippen LogP contribution in [0, 0.1) is 28.6 Å². The molecule has 5 nitrogen and oxygen atoms in total. The van der Waals surface area contributed by atoms with Gasteiger partial charge in [-0.3, -0.25) is 4.79 Å². The number of aliphatic hydroxyl groups is 1. The normalized spacial score (nSPS) is 32.4. The maximum absolute atomic E-state index is 12.8. The van der Waals surface area contributed by atoms with Gasteiger partial charge in [-0.25, -0.2) is 0 Å². The number of carbonyl (C=O) groups excluding carboxylic acids is 1. The summed E-state index contributed by atoms with van der Waals surface area (Å²) in [6.07, 6.45) is 17.8. The molecule has 0 aromatic carbocycles. The molecule has 4 saturated carbocycles. The molecule has 0 aliphatic heterocycles. The first kappa shape index (κ1) is 40.5. The maximum Gasteiger partial charge on any atom is 0.231 e. The first-order valence-corrected chi connectivity index (χ1v) is 25.2. The molecule has 4 aliphatic carbocycles. The first-order valence-electron chi connectivity index (χ1n) is 19.4. The lowest BCUT2D eigenvalue weighted by Gasteiger charge is -2.45. The highest BCUT2D eigenvalue weighted by Crippen LogP contribution is 2.60. The third-order valence-electron chi connectivity index (χ3n) is 14.2. The van der Waals surface area contributed by atoms with Gasteiger partial charge in [0.1, 0.15) is 0 Å². The Balaban J connectivity index is 1.56. The van der Waals surface area contributed by atoms with Gasteiger partial charge in [0, 0.05) is 20.5 Å². The van der Waals surface area contributed by atoms with Gasteiger partial charge in [-0.2, -0.15) is 0 Å². The van der Waals surface area contributed by atoms with Crippen molar-refractivity contribution in [2.75, 3.05) is 14.1 Å². The van der Waals surface area contributed by atoms with Crippen LogP contribution in [0.15, 0.2) is 47.6 Å². The van der Waals surface area contributed by atoms with Gasteiger partial charge in [-0.1, -0.05) is 91.8 Å². The molecule has 4 fully saturated rings. The van der Waals surface area contributed by atoms with Gasteiger partial charge in [0.25, 0.3) is 0 Å². The SMILES string of the molecule is C=C1/C(=C/C=C2\CCC[C@]3(C)[C@@H]([C@H](C)/C=C/[C@H](O)C4(C(=O)N(C)C)CC4)CC[C@@H]23)C[C@@H](O[Si](C)(C)C(C)(C)C)C[C@@H]1O[Si](C)(C)C(C)(C)C. The Hall–Kier alpha value is -1.26. The van der Waals surface area contributed by atoms with E-state index >= 15 is 0 Å². The lowest BCUT2D eigenvalue weighted by molar-refractivity contribution is -0.137. The van der Waals surface area contributed by atoms with Crippen molar-refractivity contribution in [3.8, 4) is 0 Å². The number of nitrogens with zero attached hydrogens (tertiary/aromatic N) is 1. The zero-order valence-electron chi connectivity index (χ0n) is 34.0. The van der Waals surface area contributed by atoms with Crippen LogP contribution < -0.4 is 0 Å². The van der Waals surface area contributed by atoms with Crippen LogP contribution >= 0.6 is 0 Å². The molecule has 7 atom stereocenters. The molecule has 0 bridgehead atoms. The minimum Gasteiger partial charge on any atom is -0.413 e. The number of hydrogen-bond acceptors (Lipinski definition) is 4. The maximum atomic E-state index is 12.8. The highest BCUT2D eigenvalue weighted by molar-refractivity contribution is 6.74. The largest absolute Gasteiger partial charge is 0.413 e. The summed E-state index contributed by atoms with van der Waals surface area (Å²) in [6.45, 7) is 32.9. The molecular formula is C42H73NO4Si2. The van der Waals surface area contributed by atoms with Crippen molar-refractivity contribution < 1.29 is 18.8 Å². The Morgan fingerprint density at radius 3 is 2.10 bits per heavy atom. The number of hydrogen-bond donors (Lipinski definition) is 1. The van der Waals surface area contributed by atoms with Gasteiger partial charge < -0.3 is 18.9 Å². The Morgan fingerprint density at radius 2 is 1.55 bits per heavy atom. The summed E-state index contributed by atoms with van der Waals surface area (Å²) in [5, 5.41) is 11.4. The quantitative estimate of drug-likeness (QED) is 0.181. The lowest BCUT2D eigenvalue weighted by Crippen LogP contribution is -2.49. The summed E-state index contributed by atoms with van der Waals surface area (Å²) in [5.41, 5.74) is 3.68. The number of carbonyl (C=O) groups is 1. The van der Waals surface area contributed by atoms with Gasteiger partial charge in [-0.05, 0) is 122 Å². The fraction of sp³-hybridized carbons (Fsp3) is 0.786. The van der Waals surface area contributed by atoms with E-state index in [0.29, 0.717) is 17.8 Å². The molecular weight excluding hydrogens is 639 g/mol. The van der Waals surface area contributed by atoms with Crippen molar-refractivity contribution in [3.63, 3.8) is 0 Å². The molecule has 0 unspecified atom stereocenters. The van der Waals surface area contributed by atoms with E-state index in [0.717, 1.165) is 37.7 Å². The van der Waals surface area contributed by atoms with Crippen LogP contribution in [0.5, 0.6) is 0 Å². The third-order valence-corrected chi connectivity index (χ3v) is 23.2. The molecule has 0 aromatic heterocycles. The Kier molecular flexibility index (Phi) is 11.8. The molecule has 0 radical (unpaired) electrons. The smallest absolute Gasteiger partial charge is 0.231 e. The average Bonchev–Trinajstić information content (AvgIpc) is 3.70. The Labute approximate surface area is 303 Å². The minimum atomic E-state index is -2.01. The molecule has 4 rings (SSSR count). The van der Waals surface area contributed by atoms with E-state index in [4.69, 9.17) is 8.85 Å². The second-order valence-corrected chi connectivity index (χ2v) is 29.4. The van der Waals surface area contributed by atoms with Crippen LogP contribution in [-0.4, -0.2) is 65.0 Å². The van der Waals surface area contributed by atoms with E-state index < -0.39 is 28.2 Å². The van der Waals surface area contributed by atoms with Crippen molar-refractivity contribution in [1.29, 1.82) is 0 Å². The fourth-order valence-corrected chi connectivity index (χ4v) is 11.4. The number of allylic oxidation sites excluding steroid dienone is 4. The predicted molar refractivity (Wildman–Crippen MR) is 212 cm³/mol. The summed E-state index contributed by atoms with van der Waals surface area (Å²) in [5.74, 6) is 1.54. The van der Waals surface area contributed by atoms with Crippen LogP contribution in [0.4, 0.5) is 0 Å². The first-order chi connectivity index (χ1) is 22.4. The van der Waals surface area contributed by atoms with E-state index in [-0.39, 0.29) is 33.6 Å². The van der Waals surface area contributed by atoms with Crippen molar-refractivity contribution in [2.24, 2.45) is 28.6 Å². The molecule has 4 aliphatic rings. The molecule has 1 N–H and O–H groups in total. The predicted octanol–water partition coefficient (Wildman–Crippen LogP) is 10.6. The summed E-state index contributed by atoms with van der Waals surface area (Å²) in [7, 11) is -0.389. The van der Waals surface area contributed by atoms with Crippen LogP contribution in [0.25, 0.3) is 0 Å². The average molecular weight is 712 g/mol. The van der Waals surface area contributed by atoms with Gasteiger partial charge in [0.2, 0.25) is 5.91 Å². The van der Waals surface area contributed by atoms with Crippen molar-refractivity contribution in [3.05, 3.63) is 47.6 Å². The van der Waals surface area contributed by atoms with E-state index in [1.54, 1.807) is 24.6 Å². The molecule has 0 aromatic rings. The zero-order valence-corrected chi connectivity index (χ0v) is 36.0. The summed E-state index contributed by atoms with van der Waals surface area (Å²) >= 11 is 0. The number of rotatable bonds is 10. The topological polar surface area (TPSA) is 59.0 Å². The van der Waals surface area contributed by atoms with Crippen molar-refractivity contribution >= 4 is 22.5 Å². The summed E-state index contributed by atoms with van der Waals surface area (Å²) < 4.78 is 14.2. The van der Waals surface area contributed by atoms with Crippen LogP contribution in [-0.2, 0) is 13.6 Å². The molecule has 0 saturated heterocycles. The standard InChI is InChI=1S/C42H73NO4Si2/c1-29(18-23-37(44)42(25-26-42)38(45)43(10)11)34-21-22-35-31(17-16-24-41(34,35)9)19-20-32-27-33(46-48(12,13)39(3,4)5)28-36(30(32)2)47-49(14,15)40(6,7)8/h18-20,23,29,33-37,44H,2,16-17,21-22,24-28H2,1,3-15H3/b23-18+,31-19+,32-20+/t29-,33-,34-,35+,36+,37+,41-/m1/s1. The van der Waals surface area contributed by atoms with E-state index in [9.17, 15) is 9.90 Å². The van der Waals surface area contributed by atoms with Crippen LogP contribution in [0.2, 0.25) is 36.3 Å². The fourth-order valence-electron chi connectivity index (χ4n) is 8.72. The minimum absolute atomic E-state index is 0.00710. The highest BCUT2D eigenvalue weighted by atomic mass is 28.4. The Morgan fingerprint density at radius 1 is 0.959 bits per heavy atom. The number of fused-ring (bicyclic) bond motifs is 1. The van der Waals surface area contributed by atoms with Gasteiger partial charge >= 0.3 is 0 Å². The van der Waals surface area contributed by atoms with Gasteiger partial charge in [0.05, 0.1) is 23.7 Å². The van der Waals surface area contributed by atoms with E-state index in [1.165, 1.54) is 31.3 Å². The molecule has 278 valence electrons. The van der Waals surface area contributed by atoms with Gasteiger partial charge in [0.15, 0.2) is 16.6 Å². The van der Waals surface area contributed by atoms with Crippen LogP contribution in [0.3, 0.4) is 0 Å². The van der Waals surface area contributed by atoms with Gasteiger partial charge in [-0.15, -0.1) is 0 Å². The monoisotopic (exact) mass is 712 g/mol. The van der Waals surface area contributed by atoms with Crippen molar-refractivity contribution in [2.45, 2.75) is 168 Å². The molecule has 7 heteroatoms. The van der Waals surface area contributed by atoms with E-state index in [1.807, 2.05) is 6.08 Å². The summed E-state index contributed by atoms with van der Waals surface area (Å²) in [6, 6.07) is 0. The number of aliphatic hydroxyl groups excluding tert-OH is 1. The number of amides is 1.